The summed E-state index contributed by atoms with van der Waals surface area (Å²) < 4.78 is 10.4. The number of carbonyl (C=O) groups is 1. The molecule has 1 saturated heterocycles. The summed E-state index contributed by atoms with van der Waals surface area (Å²) in [4.78, 5) is 14.0. The van der Waals surface area contributed by atoms with Crippen LogP contribution in [0.3, 0.4) is 0 Å². The molecule has 1 atom stereocenters. The molecule has 1 aliphatic heterocycles. The maximum absolute atomic E-state index is 12.2. The van der Waals surface area contributed by atoms with Gasteiger partial charge in [-0.2, -0.15) is 0 Å². The first-order chi connectivity index (χ1) is 8.26. The average molecular weight is 238 g/mol. The Morgan fingerprint density at radius 3 is 3.18 bits per heavy atom. The molecule has 0 saturated carbocycles. The van der Waals surface area contributed by atoms with E-state index in [-0.39, 0.29) is 11.9 Å². The molecule has 17 heavy (non-hydrogen) atoms. The summed E-state index contributed by atoms with van der Waals surface area (Å²) in [5.74, 6) is 0.969. The lowest BCUT2D eigenvalue weighted by Crippen LogP contribution is -2.39. The molecule has 0 spiro atoms. The Morgan fingerprint density at radius 1 is 1.65 bits per heavy atom. The van der Waals surface area contributed by atoms with Crippen molar-refractivity contribution in [2.45, 2.75) is 25.5 Å². The number of hydrogen-bond acceptors (Lipinski definition) is 4. The molecule has 2 rings (SSSR count). The molecule has 1 amide bonds. The number of ether oxygens (including phenoxy) is 1. The zero-order valence-corrected chi connectivity index (χ0v) is 10.0. The molecular formula is C12H18N2O3. The fourth-order valence-electron chi connectivity index (χ4n) is 2.20. The molecule has 1 aromatic heterocycles. The van der Waals surface area contributed by atoms with Gasteiger partial charge in [-0.15, -0.1) is 0 Å². The highest BCUT2D eigenvalue weighted by molar-refractivity contribution is 5.92. The molecule has 94 valence electrons. The summed E-state index contributed by atoms with van der Waals surface area (Å²) in [6.45, 7) is 1.66. The predicted molar refractivity (Wildman–Crippen MR) is 62.5 cm³/mol. The topological polar surface area (TPSA) is 68.7 Å². The summed E-state index contributed by atoms with van der Waals surface area (Å²) in [5, 5.41) is 0. The van der Waals surface area contributed by atoms with Crippen molar-refractivity contribution in [2.75, 3.05) is 20.2 Å². The first-order valence-corrected chi connectivity index (χ1v) is 5.85. The van der Waals surface area contributed by atoms with Crippen LogP contribution in [0.25, 0.3) is 0 Å². The summed E-state index contributed by atoms with van der Waals surface area (Å²) in [6.07, 6.45) is 1.99. The SMILES string of the molecule is COCc1ccc(C(=O)N2CCCC2CN)o1. The van der Waals surface area contributed by atoms with Crippen molar-refractivity contribution < 1.29 is 13.9 Å². The Labute approximate surface area is 101 Å². The number of nitrogens with two attached hydrogens (primary N) is 1. The van der Waals surface area contributed by atoms with E-state index in [9.17, 15) is 4.79 Å². The van der Waals surface area contributed by atoms with E-state index in [1.54, 1.807) is 24.1 Å². The van der Waals surface area contributed by atoms with E-state index in [4.69, 9.17) is 14.9 Å². The Kier molecular flexibility index (Phi) is 3.81. The third kappa shape index (κ3) is 2.50. The third-order valence-electron chi connectivity index (χ3n) is 3.07. The van der Waals surface area contributed by atoms with E-state index in [0.717, 1.165) is 19.4 Å². The van der Waals surface area contributed by atoms with Gasteiger partial charge in [-0.3, -0.25) is 4.79 Å². The van der Waals surface area contributed by atoms with Crippen molar-refractivity contribution in [3.05, 3.63) is 23.7 Å². The molecule has 0 aromatic carbocycles. The van der Waals surface area contributed by atoms with Gasteiger partial charge in [-0.1, -0.05) is 0 Å². The number of furan rings is 1. The second-order valence-corrected chi connectivity index (χ2v) is 4.23. The van der Waals surface area contributed by atoms with Gasteiger partial charge in [0.1, 0.15) is 12.4 Å². The number of rotatable bonds is 4. The first kappa shape index (κ1) is 12.1. The Balaban J connectivity index is 2.07. The van der Waals surface area contributed by atoms with E-state index >= 15 is 0 Å². The van der Waals surface area contributed by atoms with Crippen molar-refractivity contribution in [3.8, 4) is 0 Å². The van der Waals surface area contributed by atoms with Crippen LogP contribution >= 0.6 is 0 Å². The molecule has 0 bridgehead atoms. The van der Waals surface area contributed by atoms with Gasteiger partial charge in [0.25, 0.3) is 5.91 Å². The van der Waals surface area contributed by atoms with Crippen molar-refractivity contribution >= 4 is 5.91 Å². The third-order valence-corrected chi connectivity index (χ3v) is 3.07. The molecule has 0 radical (unpaired) electrons. The Hall–Kier alpha value is -1.33. The molecule has 1 fully saturated rings. The molecule has 5 heteroatoms. The van der Waals surface area contributed by atoms with Gasteiger partial charge in [0.05, 0.1) is 0 Å². The lowest BCUT2D eigenvalue weighted by Gasteiger charge is -2.22. The van der Waals surface area contributed by atoms with Crippen LogP contribution in [0.4, 0.5) is 0 Å². The molecule has 0 aliphatic carbocycles. The largest absolute Gasteiger partial charge is 0.453 e. The van der Waals surface area contributed by atoms with E-state index in [2.05, 4.69) is 0 Å². The number of methoxy groups -OCH3 is 1. The van der Waals surface area contributed by atoms with E-state index in [1.165, 1.54) is 0 Å². The second kappa shape index (κ2) is 5.33. The number of amides is 1. The Morgan fingerprint density at radius 2 is 2.47 bits per heavy atom. The zero-order chi connectivity index (χ0) is 12.3. The maximum Gasteiger partial charge on any atom is 0.289 e. The van der Waals surface area contributed by atoms with Gasteiger partial charge in [0, 0.05) is 26.2 Å². The van der Waals surface area contributed by atoms with Crippen LogP contribution in [0.5, 0.6) is 0 Å². The van der Waals surface area contributed by atoms with E-state index < -0.39 is 0 Å². The van der Waals surface area contributed by atoms with Crippen LogP contribution in [0.2, 0.25) is 0 Å². The lowest BCUT2D eigenvalue weighted by atomic mass is 10.2. The van der Waals surface area contributed by atoms with Crippen molar-refractivity contribution in [2.24, 2.45) is 5.73 Å². The van der Waals surface area contributed by atoms with Gasteiger partial charge in [0.15, 0.2) is 5.76 Å². The predicted octanol–water partition coefficient (Wildman–Crippen LogP) is 0.989. The van der Waals surface area contributed by atoms with Crippen molar-refractivity contribution in [3.63, 3.8) is 0 Å². The smallest absolute Gasteiger partial charge is 0.289 e. The number of carbonyl (C=O) groups excluding carboxylic acids is 1. The maximum atomic E-state index is 12.2. The van der Waals surface area contributed by atoms with Crippen LogP contribution in [0.15, 0.2) is 16.5 Å². The summed E-state index contributed by atoms with van der Waals surface area (Å²) >= 11 is 0. The molecule has 1 aromatic rings. The standard InChI is InChI=1S/C12H18N2O3/c1-16-8-10-4-5-11(17-10)12(15)14-6-2-3-9(14)7-13/h4-5,9H,2-3,6-8,13H2,1H3. The highest BCUT2D eigenvalue weighted by Gasteiger charge is 2.29. The van der Waals surface area contributed by atoms with Crippen LogP contribution in [-0.2, 0) is 11.3 Å². The molecule has 1 unspecified atom stereocenters. The van der Waals surface area contributed by atoms with Crippen LogP contribution in [0, 0.1) is 0 Å². The monoisotopic (exact) mass is 238 g/mol. The summed E-state index contributed by atoms with van der Waals surface area (Å²) in [7, 11) is 1.59. The van der Waals surface area contributed by atoms with Gasteiger partial charge in [-0.25, -0.2) is 0 Å². The highest BCUT2D eigenvalue weighted by Crippen LogP contribution is 2.20. The lowest BCUT2D eigenvalue weighted by molar-refractivity contribution is 0.0701. The number of nitrogens with zero attached hydrogens (tertiary/aromatic N) is 1. The fourth-order valence-corrected chi connectivity index (χ4v) is 2.20. The minimum atomic E-state index is -0.0692. The first-order valence-electron chi connectivity index (χ1n) is 5.85. The Bertz CT molecular complexity index is 389. The molecule has 2 N–H and O–H groups in total. The van der Waals surface area contributed by atoms with Crippen molar-refractivity contribution in [1.82, 2.24) is 4.90 Å². The molecule has 1 aliphatic rings. The van der Waals surface area contributed by atoms with Crippen LogP contribution in [-0.4, -0.2) is 37.0 Å². The zero-order valence-electron chi connectivity index (χ0n) is 10.0. The minimum absolute atomic E-state index is 0.0692. The van der Waals surface area contributed by atoms with Gasteiger partial charge in [-0.05, 0) is 25.0 Å². The average Bonchev–Trinajstić information content (AvgIpc) is 2.96. The van der Waals surface area contributed by atoms with Gasteiger partial charge >= 0.3 is 0 Å². The van der Waals surface area contributed by atoms with Crippen LogP contribution in [0.1, 0.15) is 29.2 Å². The molecule has 2 heterocycles. The van der Waals surface area contributed by atoms with E-state index in [0.29, 0.717) is 24.7 Å². The minimum Gasteiger partial charge on any atom is -0.453 e. The molecule has 5 nitrogen and oxygen atoms in total. The number of likely N-dealkylation sites (tertiary alicyclic amines) is 1. The second-order valence-electron chi connectivity index (χ2n) is 4.23. The molecular weight excluding hydrogens is 220 g/mol. The van der Waals surface area contributed by atoms with Crippen molar-refractivity contribution in [1.29, 1.82) is 0 Å². The fraction of sp³-hybridized carbons (Fsp3) is 0.583. The quantitative estimate of drug-likeness (QED) is 0.849. The van der Waals surface area contributed by atoms with Gasteiger partial charge < -0.3 is 19.8 Å². The summed E-state index contributed by atoms with van der Waals surface area (Å²) in [5.41, 5.74) is 5.65. The van der Waals surface area contributed by atoms with Crippen LogP contribution < -0.4 is 5.73 Å². The van der Waals surface area contributed by atoms with Gasteiger partial charge in [0.2, 0.25) is 0 Å². The van der Waals surface area contributed by atoms with E-state index in [1.807, 2.05) is 0 Å². The normalized spacial score (nSPS) is 19.9. The summed E-state index contributed by atoms with van der Waals surface area (Å²) in [6, 6.07) is 3.62. The number of hydrogen-bond donors (Lipinski definition) is 1. The highest BCUT2D eigenvalue weighted by atomic mass is 16.5.